The third kappa shape index (κ3) is 2.36. The molecule has 5 rings (SSSR count). The average molecular weight is 383 g/mol. The summed E-state index contributed by atoms with van der Waals surface area (Å²) in [5.41, 5.74) is 4.00. The molecule has 2 unspecified atom stereocenters. The second-order valence-corrected chi connectivity index (χ2v) is 7.12. The van der Waals surface area contributed by atoms with E-state index >= 15 is 0 Å². The van der Waals surface area contributed by atoms with Crippen LogP contribution in [-0.2, 0) is 16.0 Å². The van der Waals surface area contributed by atoms with E-state index in [-0.39, 0.29) is 18.8 Å². The number of methoxy groups -OCH3 is 2. The monoisotopic (exact) mass is 383 g/mol. The molecule has 0 aromatic heterocycles. The zero-order valence-corrected chi connectivity index (χ0v) is 16.0. The number of ether oxygens (including phenoxy) is 5. The van der Waals surface area contributed by atoms with Gasteiger partial charge in [0, 0.05) is 6.42 Å². The minimum atomic E-state index is -0.547. The molecule has 0 amide bonds. The maximum atomic E-state index is 12.6. The zero-order valence-electron chi connectivity index (χ0n) is 16.0. The summed E-state index contributed by atoms with van der Waals surface area (Å²) in [7, 11) is 5.15. The van der Waals surface area contributed by atoms with Crippen LogP contribution >= 0.6 is 0 Å². The fraction of sp³-hybridized carbons (Fsp3) is 0.381. The summed E-state index contributed by atoms with van der Waals surface area (Å²) in [4.78, 5) is 14.6. The van der Waals surface area contributed by atoms with Gasteiger partial charge in [-0.2, -0.15) is 0 Å². The molecule has 146 valence electrons. The highest BCUT2D eigenvalue weighted by atomic mass is 16.7. The summed E-state index contributed by atoms with van der Waals surface area (Å²) in [6.45, 7) is 0.213. The van der Waals surface area contributed by atoms with Crippen molar-refractivity contribution < 1.29 is 28.5 Å². The van der Waals surface area contributed by atoms with Crippen molar-refractivity contribution in [2.45, 2.75) is 25.1 Å². The molecule has 0 saturated carbocycles. The van der Waals surface area contributed by atoms with Crippen LogP contribution in [0, 0.1) is 0 Å². The van der Waals surface area contributed by atoms with Crippen molar-refractivity contribution >= 4 is 5.97 Å². The first-order chi connectivity index (χ1) is 13.6. The van der Waals surface area contributed by atoms with Crippen LogP contribution in [0.2, 0.25) is 0 Å². The van der Waals surface area contributed by atoms with Crippen molar-refractivity contribution in [2.75, 3.05) is 28.1 Å². The predicted octanol–water partition coefficient (Wildman–Crippen LogP) is 2.96. The molecule has 0 aliphatic carbocycles. The van der Waals surface area contributed by atoms with E-state index in [1.54, 1.807) is 14.2 Å². The minimum Gasteiger partial charge on any atom is -0.493 e. The lowest BCUT2D eigenvalue weighted by molar-refractivity contribution is -0.158. The standard InChI is InChI=1S/C21H21NO6/c1-22-19-12-5-6-14(24-2)20(25-3)18(12)21(22)28-17(23)7-4-11-8-15-16(9-13(11)19)27-10-26-15/h5-6,8-9,19,21H,4,7,10H2,1-3H3. The van der Waals surface area contributed by atoms with E-state index in [9.17, 15) is 4.79 Å². The molecule has 2 aromatic rings. The molecular weight excluding hydrogens is 362 g/mol. The fourth-order valence-corrected chi connectivity index (χ4v) is 4.44. The van der Waals surface area contributed by atoms with Crippen LogP contribution in [0.5, 0.6) is 23.0 Å². The van der Waals surface area contributed by atoms with Gasteiger partial charge in [0.1, 0.15) is 0 Å². The van der Waals surface area contributed by atoms with Gasteiger partial charge in [0.25, 0.3) is 0 Å². The van der Waals surface area contributed by atoms with Gasteiger partial charge in [-0.1, -0.05) is 6.07 Å². The normalized spacial score (nSPS) is 22.5. The lowest BCUT2D eigenvalue weighted by Crippen LogP contribution is -2.25. The van der Waals surface area contributed by atoms with Gasteiger partial charge in [0.05, 0.1) is 25.8 Å². The molecule has 7 nitrogen and oxygen atoms in total. The van der Waals surface area contributed by atoms with Crippen molar-refractivity contribution in [3.63, 3.8) is 0 Å². The van der Waals surface area contributed by atoms with Gasteiger partial charge in [-0.25, -0.2) is 0 Å². The second-order valence-electron chi connectivity index (χ2n) is 7.12. The topological polar surface area (TPSA) is 66.5 Å². The van der Waals surface area contributed by atoms with E-state index in [0.717, 1.165) is 33.8 Å². The number of hydrogen-bond acceptors (Lipinski definition) is 7. The maximum Gasteiger partial charge on any atom is 0.307 e. The van der Waals surface area contributed by atoms with Gasteiger partial charge >= 0.3 is 5.97 Å². The van der Waals surface area contributed by atoms with E-state index < -0.39 is 6.23 Å². The van der Waals surface area contributed by atoms with Gasteiger partial charge < -0.3 is 23.7 Å². The van der Waals surface area contributed by atoms with Crippen molar-refractivity contribution in [1.82, 2.24) is 4.90 Å². The summed E-state index contributed by atoms with van der Waals surface area (Å²) >= 11 is 0. The number of esters is 1. The second kappa shape index (κ2) is 6.31. The summed E-state index contributed by atoms with van der Waals surface area (Å²) in [6.07, 6.45) is 0.337. The number of hydrogen-bond donors (Lipinski definition) is 0. The summed E-state index contributed by atoms with van der Waals surface area (Å²) in [5, 5.41) is 0. The first-order valence-corrected chi connectivity index (χ1v) is 9.21. The lowest BCUT2D eigenvalue weighted by atomic mass is 9.91. The Kier molecular flexibility index (Phi) is 3.87. The fourth-order valence-electron chi connectivity index (χ4n) is 4.44. The van der Waals surface area contributed by atoms with Crippen LogP contribution in [0.3, 0.4) is 0 Å². The molecule has 2 aromatic carbocycles. The smallest absolute Gasteiger partial charge is 0.307 e. The van der Waals surface area contributed by atoms with Crippen molar-refractivity contribution in [3.05, 3.63) is 46.5 Å². The molecule has 0 radical (unpaired) electrons. The van der Waals surface area contributed by atoms with E-state index in [0.29, 0.717) is 24.3 Å². The molecule has 3 aliphatic heterocycles. The van der Waals surface area contributed by atoms with Crippen LogP contribution in [0.4, 0.5) is 0 Å². The van der Waals surface area contributed by atoms with Gasteiger partial charge in [0.2, 0.25) is 6.79 Å². The molecule has 3 heterocycles. The summed E-state index contributed by atoms with van der Waals surface area (Å²) in [5.74, 6) is 2.40. The zero-order chi connectivity index (χ0) is 19.4. The summed E-state index contributed by atoms with van der Waals surface area (Å²) < 4.78 is 28.2. The molecule has 7 heteroatoms. The van der Waals surface area contributed by atoms with Gasteiger partial charge in [0.15, 0.2) is 29.2 Å². The highest BCUT2D eigenvalue weighted by Gasteiger charge is 2.44. The average Bonchev–Trinajstić information content (AvgIpc) is 3.27. The van der Waals surface area contributed by atoms with Gasteiger partial charge in [-0.3, -0.25) is 9.69 Å². The maximum absolute atomic E-state index is 12.6. The minimum absolute atomic E-state index is 0.102. The number of carbonyl (C=O) groups excluding carboxylic acids is 1. The first kappa shape index (κ1) is 17.2. The molecular formula is C21H21NO6. The third-order valence-electron chi connectivity index (χ3n) is 5.71. The van der Waals surface area contributed by atoms with E-state index in [2.05, 4.69) is 4.90 Å². The van der Waals surface area contributed by atoms with Crippen molar-refractivity contribution in [1.29, 1.82) is 0 Å². The Balaban J connectivity index is 1.77. The number of fused-ring (bicyclic) bond motifs is 8. The van der Waals surface area contributed by atoms with E-state index in [1.807, 2.05) is 31.3 Å². The van der Waals surface area contributed by atoms with Crippen LogP contribution in [0.1, 0.15) is 40.9 Å². The largest absolute Gasteiger partial charge is 0.493 e. The van der Waals surface area contributed by atoms with Gasteiger partial charge in [-0.15, -0.1) is 0 Å². The molecule has 0 saturated heterocycles. The Morgan fingerprint density at radius 1 is 1.04 bits per heavy atom. The number of benzene rings is 2. The molecule has 0 N–H and O–H groups in total. The van der Waals surface area contributed by atoms with E-state index in [1.165, 1.54) is 0 Å². The predicted molar refractivity (Wildman–Crippen MR) is 98.9 cm³/mol. The number of nitrogens with zero attached hydrogens (tertiary/aromatic N) is 1. The SMILES string of the molecule is COc1ccc2c(c1OC)C1OC(=O)CCc3cc4c(cc3C2N1C)OCO4. The van der Waals surface area contributed by atoms with E-state index in [4.69, 9.17) is 23.7 Å². The van der Waals surface area contributed by atoms with Crippen LogP contribution in [-0.4, -0.2) is 38.9 Å². The van der Waals surface area contributed by atoms with Crippen LogP contribution < -0.4 is 18.9 Å². The quantitative estimate of drug-likeness (QED) is 0.739. The Morgan fingerprint density at radius 3 is 2.57 bits per heavy atom. The molecule has 0 spiro atoms. The Labute approximate surface area is 162 Å². The molecule has 2 atom stereocenters. The molecule has 28 heavy (non-hydrogen) atoms. The Hall–Kier alpha value is -2.93. The first-order valence-electron chi connectivity index (χ1n) is 9.21. The lowest BCUT2D eigenvalue weighted by Gasteiger charge is -2.26. The highest BCUT2D eigenvalue weighted by Crippen LogP contribution is 2.53. The van der Waals surface area contributed by atoms with Crippen molar-refractivity contribution in [3.8, 4) is 23.0 Å². The van der Waals surface area contributed by atoms with Crippen LogP contribution in [0.15, 0.2) is 24.3 Å². The molecule has 0 fully saturated rings. The Morgan fingerprint density at radius 2 is 1.82 bits per heavy atom. The van der Waals surface area contributed by atoms with Gasteiger partial charge in [-0.05, 0) is 48.4 Å². The highest BCUT2D eigenvalue weighted by molar-refractivity contribution is 5.72. The number of carbonyl (C=O) groups is 1. The third-order valence-corrected chi connectivity index (χ3v) is 5.71. The number of aryl methyl sites for hydroxylation is 1. The number of rotatable bonds is 2. The molecule has 2 bridgehead atoms. The Bertz CT molecular complexity index is 972. The van der Waals surface area contributed by atoms with Crippen molar-refractivity contribution in [2.24, 2.45) is 0 Å². The van der Waals surface area contributed by atoms with Crippen LogP contribution in [0.25, 0.3) is 0 Å². The molecule has 3 aliphatic rings. The summed E-state index contributed by atoms with van der Waals surface area (Å²) in [6, 6.07) is 7.81.